The van der Waals surface area contributed by atoms with Gasteiger partial charge in [0.25, 0.3) is 0 Å². The molecule has 39 heavy (non-hydrogen) atoms. The maximum atomic E-state index is 10.8. The van der Waals surface area contributed by atoms with Crippen molar-refractivity contribution in [3.63, 3.8) is 0 Å². The van der Waals surface area contributed by atoms with Crippen LogP contribution in [0.2, 0.25) is 0 Å². The lowest BCUT2D eigenvalue weighted by atomic mass is 9.67. The van der Waals surface area contributed by atoms with Gasteiger partial charge in [0.1, 0.15) is 17.2 Å². The van der Waals surface area contributed by atoms with Crippen LogP contribution in [0.3, 0.4) is 0 Å². The van der Waals surface area contributed by atoms with Crippen molar-refractivity contribution in [1.82, 2.24) is 0 Å². The van der Waals surface area contributed by atoms with Gasteiger partial charge in [-0.1, -0.05) is 125 Å². The van der Waals surface area contributed by atoms with Gasteiger partial charge >= 0.3 is 0 Å². The van der Waals surface area contributed by atoms with E-state index in [2.05, 4.69) is 82.4 Å². The number of rotatable bonds is 6. The Morgan fingerprint density at radius 3 is 1.41 bits per heavy atom. The maximum Gasteiger partial charge on any atom is 0.119 e. The zero-order valence-corrected chi connectivity index (χ0v) is 23.1. The Morgan fingerprint density at radius 1 is 0.538 bits per heavy atom. The number of benzene rings is 3. The van der Waals surface area contributed by atoms with Gasteiger partial charge in [-0.25, -0.2) is 0 Å². The minimum Gasteiger partial charge on any atom is -0.508 e. The van der Waals surface area contributed by atoms with Gasteiger partial charge in [-0.3, -0.25) is 0 Å². The molecule has 0 heterocycles. The summed E-state index contributed by atoms with van der Waals surface area (Å²) in [7, 11) is 0. The highest BCUT2D eigenvalue weighted by Crippen LogP contribution is 2.46. The van der Waals surface area contributed by atoms with Crippen molar-refractivity contribution in [3.05, 3.63) is 138 Å². The summed E-state index contributed by atoms with van der Waals surface area (Å²) >= 11 is 0. The summed E-state index contributed by atoms with van der Waals surface area (Å²) in [6, 6.07) is 21.0. The number of phenols is 3. The molecule has 0 bridgehead atoms. The molecule has 0 amide bonds. The molecule has 0 unspecified atom stereocenters. The van der Waals surface area contributed by atoms with E-state index in [1.165, 1.54) is 0 Å². The molecule has 0 saturated carbocycles. The molecular weight excluding hydrogens is 480 g/mol. The van der Waals surface area contributed by atoms with E-state index in [9.17, 15) is 15.3 Å². The summed E-state index contributed by atoms with van der Waals surface area (Å²) < 4.78 is 0. The Labute approximate surface area is 232 Å². The molecule has 3 N–H and O–H groups in total. The van der Waals surface area contributed by atoms with Crippen LogP contribution < -0.4 is 0 Å². The third-order valence-corrected chi connectivity index (χ3v) is 8.76. The van der Waals surface area contributed by atoms with Gasteiger partial charge in [0, 0.05) is 39.4 Å². The van der Waals surface area contributed by atoms with Crippen molar-refractivity contribution in [1.29, 1.82) is 0 Å². The Kier molecular flexibility index (Phi) is 7.03. The minimum atomic E-state index is -0.410. The summed E-state index contributed by atoms with van der Waals surface area (Å²) in [6.07, 6.45) is 17.5. The summed E-state index contributed by atoms with van der Waals surface area (Å²) in [4.78, 5) is 0. The van der Waals surface area contributed by atoms with Crippen LogP contribution in [0.1, 0.15) is 61.8 Å². The first kappa shape index (κ1) is 26.6. The number of phenolic OH excluding ortho intramolecular Hbond substituents is 3. The molecule has 0 aromatic heterocycles. The largest absolute Gasteiger partial charge is 0.508 e. The second-order valence-corrected chi connectivity index (χ2v) is 11.5. The van der Waals surface area contributed by atoms with Crippen molar-refractivity contribution in [2.75, 3.05) is 0 Å². The molecule has 2 aliphatic carbocycles. The van der Waals surface area contributed by atoms with Crippen LogP contribution in [0.15, 0.2) is 115 Å². The predicted molar refractivity (Wildman–Crippen MR) is 159 cm³/mol. The van der Waals surface area contributed by atoms with Crippen LogP contribution >= 0.6 is 0 Å². The SMILES string of the molecule is CC(C)C1(c2ccccc2O)C=CC(c2ccc(O)c(C3C=CC(c4ccccc4O)(C(C)C)C=C3)c2)C=C1. The molecule has 3 nitrogen and oxygen atoms in total. The topological polar surface area (TPSA) is 60.7 Å². The lowest BCUT2D eigenvalue weighted by Crippen LogP contribution is -2.30. The Balaban J connectivity index is 1.44. The van der Waals surface area contributed by atoms with Crippen molar-refractivity contribution in [2.24, 2.45) is 11.8 Å². The number of hydrogen-bond acceptors (Lipinski definition) is 3. The van der Waals surface area contributed by atoms with Gasteiger partial charge in [-0.2, -0.15) is 0 Å². The summed E-state index contributed by atoms with van der Waals surface area (Å²) in [5, 5.41) is 32.1. The highest BCUT2D eigenvalue weighted by molar-refractivity contribution is 5.54. The quantitative estimate of drug-likeness (QED) is 0.287. The van der Waals surface area contributed by atoms with Crippen molar-refractivity contribution in [2.45, 2.75) is 50.4 Å². The van der Waals surface area contributed by atoms with Crippen LogP contribution in [0, 0.1) is 11.8 Å². The minimum absolute atomic E-state index is 0.0645. The summed E-state index contributed by atoms with van der Waals surface area (Å²) in [5.74, 6) is 1.36. The Hall–Kier alpha value is -3.98. The number of hydrogen-bond donors (Lipinski definition) is 3. The third-order valence-electron chi connectivity index (χ3n) is 8.76. The molecular formula is C36H38O3. The van der Waals surface area contributed by atoms with E-state index in [1.54, 1.807) is 18.2 Å². The lowest BCUT2D eigenvalue weighted by Gasteiger charge is -2.36. The second kappa shape index (κ2) is 10.3. The first-order valence-electron chi connectivity index (χ1n) is 13.8. The Bertz CT molecular complexity index is 1440. The number of aromatic hydroxyl groups is 3. The van der Waals surface area contributed by atoms with Crippen LogP contribution in [0.25, 0.3) is 0 Å². The molecule has 0 saturated heterocycles. The summed E-state index contributed by atoms with van der Waals surface area (Å²) in [5.41, 5.74) is 2.98. The van der Waals surface area contributed by atoms with Crippen molar-refractivity contribution in [3.8, 4) is 17.2 Å². The standard InChI is InChI=1S/C36H38O3/c1-24(2)35(30-9-5-7-11-33(30)38)19-15-26(16-20-35)28-13-14-32(37)29(23-28)27-17-21-36(22-18-27,25(3)4)31-10-6-8-12-34(31)39/h5-27,37-39H,1-4H3. The highest BCUT2D eigenvalue weighted by atomic mass is 16.3. The van der Waals surface area contributed by atoms with E-state index in [-0.39, 0.29) is 34.8 Å². The van der Waals surface area contributed by atoms with E-state index < -0.39 is 5.41 Å². The van der Waals surface area contributed by atoms with Crippen molar-refractivity contribution >= 4 is 0 Å². The molecule has 5 rings (SSSR count). The lowest BCUT2D eigenvalue weighted by molar-refractivity contribution is 0.415. The third kappa shape index (κ3) is 4.61. The maximum absolute atomic E-state index is 10.8. The predicted octanol–water partition coefficient (Wildman–Crippen LogP) is 8.41. The molecule has 0 spiro atoms. The molecule has 0 aliphatic heterocycles. The van der Waals surface area contributed by atoms with E-state index in [0.29, 0.717) is 11.5 Å². The average molecular weight is 519 g/mol. The molecule has 3 heteroatoms. The average Bonchev–Trinajstić information content (AvgIpc) is 2.94. The molecule has 2 aliphatic rings. The van der Waals surface area contributed by atoms with E-state index in [1.807, 2.05) is 42.5 Å². The fraction of sp³-hybridized carbons (Fsp3) is 0.278. The molecule has 200 valence electrons. The smallest absolute Gasteiger partial charge is 0.119 e. The molecule has 3 aromatic carbocycles. The van der Waals surface area contributed by atoms with E-state index in [4.69, 9.17) is 0 Å². The molecule has 0 radical (unpaired) electrons. The zero-order valence-electron chi connectivity index (χ0n) is 23.1. The zero-order chi connectivity index (χ0) is 27.8. The highest BCUT2D eigenvalue weighted by Gasteiger charge is 2.36. The first-order valence-corrected chi connectivity index (χ1v) is 13.8. The molecule has 0 atom stereocenters. The van der Waals surface area contributed by atoms with Crippen LogP contribution in [0.5, 0.6) is 17.2 Å². The van der Waals surface area contributed by atoms with Gasteiger partial charge in [0.2, 0.25) is 0 Å². The number of para-hydroxylation sites is 2. The molecule has 3 aromatic rings. The van der Waals surface area contributed by atoms with Gasteiger partial charge < -0.3 is 15.3 Å². The first-order chi connectivity index (χ1) is 18.7. The van der Waals surface area contributed by atoms with Crippen LogP contribution in [-0.2, 0) is 10.8 Å². The summed E-state index contributed by atoms with van der Waals surface area (Å²) in [6.45, 7) is 8.67. The van der Waals surface area contributed by atoms with Gasteiger partial charge in [0.05, 0.1) is 0 Å². The normalized spacial score (nSPS) is 26.0. The van der Waals surface area contributed by atoms with E-state index in [0.717, 1.165) is 22.3 Å². The monoisotopic (exact) mass is 518 g/mol. The van der Waals surface area contributed by atoms with Gasteiger partial charge in [-0.15, -0.1) is 0 Å². The number of allylic oxidation sites excluding steroid dienone is 8. The van der Waals surface area contributed by atoms with Gasteiger partial charge in [0.15, 0.2) is 0 Å². The fourth-order valence-electron chi connectivity index (χ4n) is 6.20. The van der Waals surface area contributed by atoms with Crippen LogP contribution in [0.4, 0.5) is 0 Å². The Morgan fingerprint density at radius 2 is 0.974 bits per heavy atom. The molecule has 0 fully saturated rings. The second-order valence-electron chi connectivity index (χ2n) is 11.5. The van der Waals surface area contributed by atoms with E-state index >= 15 is 0 Å². The fourth-order valence-corrected chi connectivity index (χ4v) is 6.20. The van der Waals surface area contributed by atoms with Crippen LogP contribution in [-0.4, -0.2) is 15.3 Å². The van der Waals surface area contributed by atoms with Crippen molar-refractivity contribution < 1.29 is 15.3 Å². The van der Waals surface area contributed by atoms with Gasteiger partial charge in [-0.05, 0) is 35.6 Å².